The minimum atomic E-state index is 0.618. The summed E-state index contributed by atoms with van der Waals surface area (Å²) in [5, 5.41) is 8.37. The molecule has 0 atom stereocenters. The van der Waals surface area contributed by atoms with Crippen molar-refractivity contribution in [1.29, 1.82) is 0 Å². The smallest absolute Gasteiger partial charge is 0.191 e. The zero-order valence-electron chi connectivity index (χ0n) is 12.7. The third-order valence-electron chi connectivity index (χ3n) is 3.10. The molecule has 0 amide bonds. The van der Waals surface area contributed by atoms with Crippen LogP contribution >= 0.6 is 38.9 Å². The van der Waals surface area contributed by atoms with Crippen molar-refractivity contribution in [3.05, 3.63) is 48.8 Å². The van der Waals surface area contributed by atoms with Gasteiger partial charge in [0.2, 0.25) is 0 Å². The molecular formula is C15H18BrClN4S. The van der Waals surface area contributed by atoms with Crippen molar-refractivity contribution in [2.45, 2.75) is 26.9 Å². The first-order chi connectivity index (χ1) is 10.5. The van der Waals surface area contributed by atoms with Crippen LogP contribution in [0.2, 0.25) is 5.02 Å². The van der Waals surface area contributed by atoms with Crippen molar-refractivity contribution >= 4 is 44.8 Å². The molecule has 2 rings (SSSR count). The summed E-state index contributed by atoms with van der Waals surface area (Å²) < 4.78 is 0.972. The van der Waals surface area contributed by atoms with Crippen LogP contribution in [0.1, 0.15) is 21.1 Å². The summed E-state index contributed by atoms with van der Waals surface area (Å²) in [5.41, 5.74) is 2.10. The molecule has 118 valence electrons. The maximum atomic E-state index is 6.22. The molecule has 0 unspecified atom stereocenters. The van der Waals surface area contributed by atoms with Gasteiger partial charge in [-0.15, -0.1) is 11.3 Å². The van der Waals surface area contributed by atoms with E-state index in [0.717, 1.165) is 31.7 Å². The Balaban J connectivity index is 1.91. The molecule has 1 aromatic carbocycles. The Morgan fingerprint density at radius 3 is 2.64 bits per heavy atom. The maximum absolute atomic E-state index is 6.22. The number of aromatic nitrogens is 1. The molecule has 0 spiro atoms. The molecule has 0 fully saturated rings. The van der Waals surface area contributed by atoms with Gasteiger partial charge in [0.15, 0.2) is 5.96 Å². The Kier molecular flexibility index (Phi) is 6.23. The van der Waals surface area contributed by atoms with E-state index in [9.17, 15) is 0 Å². The minimum Gasteiger partial charge on any atom is -0.352 e. The SMILES string of the molecule is CN=C(NCc1ccc(Br)cc1Cl)NCc1sc(C)nc1C. The van der Waals surface area contributed by atoms with Crippen molar-refractivity contribution in [1.82, 2.24) is 15.6 Å². The molecule has 7 heteroatoms. The summed E-state index contributed by atoms with van der Waals surface area (Å²) in [6.07, 6.45) is 0. The summed E-state index contributed by atoms with van der Waals surface area (Å²) in [7, 11) is 1.75. The van der Waals surface area contributed by atoms with Gasteiger partial charge in [0.25, 0.3) is 0 Å². The second-order valence-electron chi connectivity index (χ2n) is 4.76. The minimum absolute atomic E-state index is 0.618. The number of hydrogen-bond donors (Lipinski definition) is 2. The average Bonchev–Trinajstić information content (AvgIpc) is 2.79. The zero-order chi connectivity index (χ0) is 16.1. The lowest BCUT2D eigenvalue weighted by atomic mass is 10.2. The monoisotopic (exact) mass is 400 g/mol. The van der Waals surface area contributed by atoms with Gasteiger partial charge in [-0.05, 0) is 31.5 Å². The largest absolute Gasteiger partial charge is 0.352 e. The fraction of sp³-hybridized carbons (Fsp3) is 0.333. The Bertz CT molecular complexity index is 684. The van der Waals surface area contributed by atoms with Gasteiger partial charge in [0.1, 0.15) is 0 Å². The number of nitrogens with one attached hydrogen (secondary N) is 2. The summed E-state index contributed by atoms with van der Waals surface area (Å²) in [6.45, 7) is 5.37. The van der Waals surface area contributed by atoms with Crippen LogP contribution in [0.3, 0.4) is 0 Å². The van der Waals surface area contributed by atoms with Crippen LogP contribution in [0.15, 0.2) is 27.7 Å². The third kappa shape index (κ3) is 4.69. The number of aliphatic imine (C=N–C) groups is 1. The molecule has 0 aliphatic rings. The molecule has 1 heterocycles. The number of hydrogen-bond acceptors (Lipinski definition) is 3. The number of benzene rings is 1. The van der Waals surface area contributed by atoms with Crippen LogP contribution in [0.4, 0.5) is 0 Å². The zero-order valence-corrected chi connectivity index (χ0v) is 15.9. The van der Waals surface area contributed by atoms with Crippen LogP contribution < -0.4 is 10.6 Å². The van der Waals surface area contributed by atoms with E-state index in [4.69, 9.17) is 11.6 Å². The van der Waals surface area contributed by atoms with E-state index in [2.05, 4.69) is 36.5 Å². The van der Waals surface area contributed by atoms with Gasteiger partial charge in [-0.25, -0.2) is 4.98 Å². The molecule has 2 aromatic rings. The van der Waals surface area contributed by atoms with Gasteiger partial charge < -0.3 is 10.6 Å². The molecule has 0 aliphatic heterocycles. The predicted molar refractivity (Wildman–Crippen MR) is 97.8 cm³/mol. The van der Waals surface area contributed by atoms with E-state index in [0.29, 0.717) is 13.1 Å². The molecule has 0 saturated carbocycles. The summed E-state index contributed by atoms with van der Waals surface area (Å²) in [4.78, 5) is 9.88. The Hall–Kier alpha value is -1.11. The normalized spacial score (nSPS) is 11.6. The van der Waals surface area contributed by atoms with E-state index in [-0.39, 0.29) is 0 Å². The van der Waals surface area contributed by atoms with Gasteiger partial charge in [-0.2, -0.15) is 0 Å². The lowest BCUT2D eigenvalue weighted by Gasteiger charge is -2.12. The van der Waals surface area contributed by atoms with Crippen molar-refractivity contribution < 1.29 is 0 Å². The highest BCUT2D eigenvalue weighted by Gasteiger charge is 2.07. The number of thiazole rings is 1. The first-order valence-electron chi connectivity index (χ1n) is 6.81. The Morgan fingerprint density at radius 2 is 2.05 bits per heavy atom. The van der Waals surface area contributed by atoms with Gasteiger partial charge in [-0.3, -0.25) is 4.99 Å². The van der Waals surface area contributed by atoms with Crippen molar-refractivity contribution in [3.8, 4) is 0 Å². The number of nitrogens with zero attached hydrogens (tertiary/aromatic N) is 2. The fourth-order valence-corrected chi connectivity index (χ4v) is 3.58. The second-order valence-corrected chi connectivity index (χ2v) is 7.37. The van der Waals surface area contributed by atoms with Crippen LogP contribution in [-0.2, 0) is 13.1 Å². The number of halogens is 2. The van der Waals surface area contributed by atoms with Crippen molar-refractivity contribution in [3.63, 3.8) is 0 Å². The summed E-state index contributed by atoms with van der Waals surface area (Å²) in [5.74, 6) is 0.740. The van der Waals surface area contributed by atoms with E-state index in [1.54, 1.807) is 18.4 Å². The van der Waals surface area contributed by atoms with E-state index in [1.165, 1.54) is 4.88 Å². The lowest BCUT2D eigenvalue weighted by Crippen LogP contribution is -2.36. The van der Waals surface area contributed by atoms with Crippen molar-refractivity contribution in [2.24, 2.45) is 4.99 Å². The molecule has 4 nitrogen and oxygen atoms in total. The van der Waals surface area contributed by atoms with E-state index >= 15 is 0 Å². The van der Waals surface area contributed by atoms with Gasteiger partial charge in [0, 0.05) is 28.0 Å². The van der Waals surface area contributed by atoms with Gasteiger partial charge >= 0.3 is 0 Å². The molecule has 1 aromatic heterocycles. The molecule has 2 N–H and O–H groups in total. The van der Waals surface area contributed by atoms with Crippen LogP contribution in [0.5, 0.6) is 0 Å². The summed E-state index contributed by atoms with van der Waals surface area (Å²) >= 11 is 11.3. The Labute approximate surface area is 148 Å². The topological polar surface area (TPSA) is 49.3 Å². The second kappa shape index (κ2) is 7.94. The molecule has 0 radical (unpaired) electrons. The lowest BCUT2D eigenvalue weighted by molar-refractivity contribution is 0.811. The van der Waals surface area contributed by atoms with Crippen LogP contribution in [0.25, 0.3) is 0 Å². The van der Waals surface area contributed by atoms with E-state index < -0.39 is 0 Å². The summed E-state index contributed by atoms with van der Waals surface area (Å²) in [6, 6.07) is 5.85. The van der Waals surface area contributed by atoms with Gasteiger partial charge in [-0.1, -0.05) is 33.6 Å². The average molecular weight is 402 g/mol. The molecule has 0 bridgehead atoms. The van der Waals surface area contributed by atoms with Gasteiger partial charge in [0.05, 0.1) is 17.2 Å². The highest BCUT2D eigenvalue weighted by atomic mass is 79.9. The van der Waals surface area contributed by atoms with Crippen LogP contribution in [-0.4, -0.2) is 18.0 Å². The van der Waals surface area contributed by atoms with Crippen molar-refractivity contribution in [2.75, 3.05) is 7.05 Å². The highest BCUT2D eigenvalue weighted by molar-refractivity contribution is 9.10. The maximum Gasteiger partial charge on any atom is 0.191 e. The quantitative estimate of drug-likeness (QED) is 0.600. The Morgan fingerprint density at radius 1 is 1.32 bits per heavy atom. The standard InChI is InChI=1S/C15H18BrClN4S/c1-9-14(22-10(2)21-9)8-20-15(18-3)19-7-11-4-5-12(16)6-13(11)17/h4-6H,7-8H2,1-3H3,(H2,18,19,20). The molecule has 22 heavy (non-hydrogen) atoms. The molecule has 0 saturated heterocycles. The fourth-order valence-electron chi connectivity index (χ4n) is 1.97. The number of aryl methyl sites for hydroxylation is 2. The molecular weight excluding hydrogens is 384 g/mol. The molecule has 0 aliphatic carbocycles. The number of guanidine groups is 1. The highest BCUT2D eigenvalue weighted by Crippen LogP contribution is 2.21. The van der Waals surface area contributed by atoms with Crippen LogP contribution in [0, 0.1) is 13.8 Å². The third-order valence-corrected chi connectivity index (χ3v) is 5.02. The first-order valence-corrected chi connectivity index (χ1v) is 8.79. The predicted octanol–water partition coefficient (Wildman–Crippen LogP) is 4.04. The number of rotatable bonds is 4. The van der Waals surface area contributed by atoms with E-state index in [1.807, 2.05) is 32.0 Å². The first kappa shape index (κ1) is 17.2.